The number of morpholine rings is 1. The Morgan fingerprint density at radius 1 is 1.39 bits per heavy atom. The smallest absolute Gasteiger partial charge is 0.311 e. The van der Waals surface area contributed by atoms with Crippen molar-refractivity contribution >= 4 is 17.3 Å². The highest BCUT2D eigenvalue weighted by Gasteiger charge is 2.29. The van der Waals surface area contributed by atoms with E-state index in [4.69, 9.17) is 10.5 Å². The van der Waals surface area contributed by atoms with Crippen molar-refractivity contribution < 1.29 is 9.66 Å². The molecule has 23 heavy (non-hydrogen) atoms. The minimum absolute atomic E-state index is 0.0828. The number of nitro groups is 1. The summed E-state index contributed by atoms with van der Waals surface area (Å²) in [4.78, 5) is 20.9. The third-order valence-electron chi connectivity index (χ3n) is 3.83. The van der Waals surface area contributed by atoms with Crippen LogP contribution in [0, 0.1) is 10.1 Å². The van der Waals surface area contributed by atoms with Gasteiger partial charge in [0.05, 0.1) is 29.8 Å². The lowest BCUT2D eigenvalue weighted by molar-refractivity contribution is -0.384. The van der Waals surface area contributed by atoms with Crippen LogP contribution < -0.4 is 10.6 Å². The van der Waals surface area contributed by atoms with Gasteiger partial charge >= 0.3 is 5.69 Å². The highest BCUT2D eigenvalue weighted by atomic mass is 16.6. The lowest BCUT2D eigenvalue weighted by Gasteiger charge is -2.38. The van der Waals surface area contributed by atoms with E-state index < -0.39 is 4.92 Å². The topological polar surface area (TPSA) is 107 Å². The Morgan fingerprint density at radius 3 is 2.87 bits per heavy atom. The van der Waals surface area contributed by atoms with Gasteiger partial charge in [0.2, 0.25) is 5.82 Å². The van der Waals surface area contributed by atoms with Gasteiger partial charge in [-0.15, -0.1) is 0 Å². The van der Waals surface area contributed by atoms with Crippen LogP contribution in [-0.4, -0.2) is 34.1 Å². The summed E-state index contributed by atoms with van der Waals surface area (Å²) in [7, 11) is 0. The molecule has 2 N–H and O–H groups in total. The van der Waals surface area contributed by atoms with Gasteiger partial charge < -0.3 is 15.4 Å². The van der Waals surface area contributed by atoms with Crippen molar-refractivity contribution in [3.63, 3.8) is 0 Å². The van der Waals surface area contributed by atoms with Gasteiger partial charge in [0.25, 0.3) is 0 Å². The second-order valence-electron chi connectivity index (χ2n) is 5.41. The van der Waals surface area contributed by atoms with E-state index in [0.29, 0.717) is 19.0 Å². The Kier molecular flexibility index (Phi) is 4.07. The predicted octanol–water partition coefficient (Wildman–Crippen LogP) is 1.93. The highest BCUT2D eigenvalue weighted by molar-refractivity contribution is 5.58. The molecule has 8 heteroatoms. The number of rotatable bonds is 3. The molecular formula is C15H17N5O3. The molecule has 2 atom stereocenters. The van der Waals surface area contributed by atoms with Crippen LogP contribution in [0.5, 0.6) is 0 Å². The molecular weight excluding hydrogens is 298 g/mol. The van der Waals surface area contributed by atoms with E-state index in [-0.39, 0.29) is 23.7 Å². The maximum absolute atomic E-state index is 10.9. The number of ether oxygens (including phenoxy) is 1. The number of nitrogen functional groups attached to an aromatic ring is 1. The number of nitrogens with two attached hydrogens (primary N) is 1. The standard InChI is InChI=1S/C15H17N5O3/c1-10-9-23-13(11-4-2-3-7-17-11)8-19(10)14-6-5-12(20(21)22)15(16)18-14/h2-7,10,13H,8-9H2,1H3,(H2,16,18)/t10-,13?/m0/s1. The lowest BCUT2D eigenvalue weighted by Crippen LogP contribution is -2.45. The summed E-state index contributed by atoms with van der Waals surface area (Å²) in [6, 6.07) is 8.77. The average Bonchev–Trinajstić information content (AvgIpc) is 2.55. The number of hydrogen-bond acceptors (Lipinski definition) is 7. The van der Waals surface area contributed by atoms with Gasteiger partial charge in [-0.25, -0.2) is 4.98 Å². The summed E-state index contributed by atoms with van der Waals surface area (Å²) in [5.41, 5.74) is 6.36. The molecule has 8 nitrogen and oxygen atoms in total. The second kappa shape index (κ2) is 6.17. The zero-order chi connectivity index (χ0) is 16.4. The molecule has 0 amide bonds. The van der Waals surface area contributed by atoms with Crippen LogP contribution in [0.4, 0.5) is 17.3 Å². The normalized spacial score (nSPS) is 21.2. The molecule has 2 aromatic heterocycles. The second-order valence-corrected chi connectivity index (χ2v) is 5.41. The molecule has 0 saturated carbocycles. The summed E-state index contributed by atoms with van der Waals surface area (Å²) in [6.45, 7) is 3.08. The van der Waals surface area contributed by atoms with Crippen molar-refractivity contribution in [2.24, 2.45) is 0 Å². The van der Waals surface area contributed by atoms with Gasteiger partial charge in [-0.1, -0.05) is 6.07 Å². The number of hydrogen-bond donors (Lipinski definition) is 1. The first-order valence-corrected chi connectivity index (χ1v) is 7.26. The van der Waals surface area contributed by atoms with Crippen molar-refractivity contribution in [1.29, 1.82) is 0 Å². The highest BCUT2D eigenvalue weighted by Crippen LogP contribution is 2.29. The first-order valence-electron chi connectivity index (χ1n) is 7.26. The summed E-state index contributed by atoms with van der Waals surface area (Å²) in [6.07, 6.45) is 1.55. The third kappa shape index (κ3) is 3.07. The zero-order valence-electron chi connectivity index (χ0n) is 12.6. The van der Waals surface area contributed by atoms with Gasteiger partial charge in [0, 0.05) is 12.3 Å². The van der Waals surface area contributed by atoms with Crippen LogP contribution >= 0.6 is 0 Å². The van der Waals surface area contributed by atoms with Crippen molar-refractivity contribution in [3.8, 4) is 0 Å². The fourth-order valence-electron chi connectivity index (χ4n) is 2.59. The Balaban J connectivity index is 1.86. The van der Waals surface area contributed by atoms with Crippen LogP contribution in [0.15, 0.2) is 36.5 Å². The van der Waals surface area contributed by atoms with Crippen LogP contribution in [-0.2, 0) is 4.74 Å². The maximum atomic E-state index is 10.9. The number of pyridine rings is 2. The molecule has 0 aliphatic carbocycles. The van der Waals surface area contributed by atoms with Crippen molar-refractivity contribution in [2.75, 3.05) is 23.8 Å². The molecule has 3 heterocycles. The van der Waals surface area contributed by atoms with E-state index in [1.165, 1.54) is 6.07 Å². The zero-order valence-corrected chi connectivity index (χ0v) is 12.6. The molecule has 1 saturated heterocycles. The predicted molar refractivity (Wildman–Crippen MR) is 85.0 cm³/mol. The molecule has 1 unspecified atom stereocenters. The lowest BCUT2D eigenvalue weighted by atomic mass is 10.1. The van der Waals surface area contributed by atoms with Gasteiger partial charge in [-0.2, -0.15) is 0 Å². The molecule has 3 rings (SSSR count). The quantitative estimate of drug-likeness (QED) is 0.681. The fraction of sp³-hybridized carbons (Fsp3) is 0.333. The summed E-state index contributed by atoms with van der Waals surface area (Å²) < 4.78 is 5.85. The van der Waals surface area contributed by atoms with Crippen LogP contribution in [0.3, 0.4) is 0 Å². The first-order chi connectivity index (χ1) is 11.1. The SMILES string of the molecule is C[C@H]1COC(c2ccccn2)CN1c1ccc([N+](=O)[O-])c(N)n1. The van der Waals surface area contributed by atoms with Crippen molar-refractivity contribution in [1.82, 2.24) is 9.97 Å². The number of nitrogens with zero attached hydrogens (tertiary/aromatic N) is 4. The van der Waals surface area contributed by atoms with Crippen molar-refractivity contribution in [3.05, 3.63) is 52.3 Å². The van der Waals surface area contributed by atoms with Crippen molar-refractivity contribution in [2.45, 2.75) is 19.1 Å². The monoisotopic (exact) mass is 315 g/mol. The largest absolute Gasteiger partial charge is 0.378 e. The molecule has 0 spiro atoms. The van der Waals surface area contributed by atoms with Gasteiger partial charge in [0.15, 0.2) is 0 Å². The first kappa shape index (κ1) is 15.2. The van der Waals surface area contributed by atoms with Crippen LogP contribution in [0.25, 0.3) is 0 Å². The maximum Gasteiger partial charge on any atom is 0.311 e. The number of anilines is 2. The van der Waals surface area contributed by atoms with E-state index in [1.54, 1.807) is 12.3 Å². The van der Waals surface area contributed by atoms with Gasteiger partial charge in [-0.3, -0.25) is 15.1 Å². The summed E-state index contributed by atoms with van der Waals surface area (Å²) in [5, 5.41) is 10.9. The Morgan fingerprint density at radius 2 is 2.22 bits per heavy atom. The van der Waals surface area contributed by atoms with Gasteiger partial charge in [-0.05, 0) is 25.1 Å². The third-order valence-corrected chi connectivity index (χ3v) is 3.83. The van der Waals surface area contributed by atoms with Crippen LogP contribution in [0.2, 0.25) is 0 Å². The molecule has 1 aliphatic heterocycles. The minimum atomic E-state index is -0.536. The van der Waals surface area contributed by atoms with E-state index >= 15 is 0 Å². The molecule has 120 valence electrons. The molecule has 1 aliphatic rings. The summed E-state index contributed by atoms with van der Waals surface area (Å²) >= 11 is 0. The molecule has 0 bridgehead atoms. The molecule has 2 aromatic rings. The molecule has 1 fully saturated rings. The Hall–Kier alpha value is -2.74. The fourth-order valence-corrected chi connectivity index (χ4v) is 2.59. The van der Waals surface area contributed by atoms with Gasteiger partial charge in [0.1, 0.15) is 11.9 Å². The van der Waals surface area contributed by atoms with E-state index in [0.717, 1.165) is 5.69 Å². The number of aromatic nitrogens is 2. The van der Waals surface area contributed by atoms with Crippen LogP contribution in [0.1, 0.15) is 18.7 Å². The summed E-state index contributed by atoms with van der Waals surface area (Å²) in [5.74, 6) is 0.519. The van der Waals surface area contributed by atoms with E-state index in [1.807, 2.05) is 30.0 Å². The van der Waals surface area contributed by atoms with E-state index in [2.05, 4.69) is 9.97 Å². The average molecular weight is 315 g/mol. The van der Waals surface area contributed by atoms with E-state index in [9.17, 15) is 10.1 Å². The Bertz CT molecular complexity index is 710. The molecule has 0 aromatic carbocycles. The minimum Gasteiger partial charge on any atom is -0.378 e. The molecule has 0 radical (unpaired) electrons. The Labute approximate surface area is 133 Å².